The number of halogens is 2. The molecule has 0 aliphatic heterocycles. The van der Waals surface area contributed by atoms with Gasteiger partial charge in [-0.3, -0.25) is 4.79 Å². The Hall–Kier alpha value is -1.40. The first kappa shape index (κ1) is 13.0. The first-order valence-corrected chi connectivity index (χ1v) is 6.32. The second kappa shape index (κ2) is 5.97. The Morgan fingerprint density at radius 1 is 1.50 bits per heavy atom. The van der Waals surface area contributed by atoms with Crippen LogP contribution in [0.15, 0.2) is 33.5 Å². The fourth-order valence-corrected chi connectivity index (χ4v) is 1.95. The van der Waals surface area contributed by atoms with Crippen molar-refractivity contribution in [1.29, 1.82) is 0 Å². The van der Waals surface area contributed by atoms with E-state index in [1.54, 1.807) is 18.2 Å². The summed E-state index contributed by atoms with van der Waals surface area (Å²) in [6, 6.07) is 5.05. The predicted molar refractivity (Wildman–Crippen MR) is 69.5 cm³/mol. The normalized spacial score (nSPS) is 10.3. The van der Waals surface area contributed by atoms with Crippen LogP contribution < -0.4 is 5.32 Å². The van der Waals surface area contributed by atoms with Crippen LogP contribution in [0.4, 0.5) is 0 Å². The Morgan fingerprint density at radius 3 is 3.06 bits per heavy atom. The summed E-state index contributed by atoms with van der Waals surface area (Å²) in [5.74, 6) is 0.282. The fourth-order valence-electron chi connectivity index (χ4n) is 1.36. The number of carbonyl (C=O) groups excluding carboxylic acids is 1. The zero-order valence-electron chi connectivity index (χ0n) is 9.19. The Morgan fingerprint density at radius 2 is 2.33 bits per heavy atom. The predicted octanol–water partition coefficient (Wildman–Crippen LogP) is 2.46. The average molecular weight is 331 g/mol. The zero-order chi connectivity index (χ0) is 13.0. The molecule has 18 heavy (non-hydrogen) atoms. The van der Waals surface area contributed by atoms with Crippen LogP contribution in [0.5, 0.6) is 0 Å². The van der Waals surface area contributed by atoms with Crippen molar-refractivity contribution < 1.29 is 9.32 Å². The topological polar surface area (TPSA) is 68.0 Å². The van der Waals surface area contributed by atoms with Gasteiger partial charge >= 0.3 is 0 Å². The van der Waals surface area contributed by atoms with Gasteiger partial charge in [-0.1, -0.05) is 16.8 Å². The van der Waals surface area contributed by atoms with Gasteiger partial charge in [-0.2, -0.15) is 4.98 Å². The van der Waals surface area contributed by atoms with Crippen LogP contribution >= 0.6 is 27.5 Å². The molecule has 2 rings (SSSR count). The highest BCUT2D eigenvalue weighted by Crippen LogP contribution is 2.20. The maximum atomic E-state index is 11.9. The van der Waals surface area contributed by atoms with Crippen molar-refractivity contribution in [3.8, 4) is 0 Å². The third-order valence-electron chi connectivity index (χ3n) is 2.20. The molecule has 0 radical (unpaired) electrons. The monoisotopic (exact) mass is 329 g/mol. The van der Waals surface area contributed by atoms with E-state index in [1.807, 2.05) is 0 Å². The highest BCUT2D eigenvalue weighted by atomic mass is 79.9. The van der Waals surface area contributed by atoms with Crippen molar-refractivity contribution >= 4 is 33.4 Å². The highest BCUT2D eigenvalue weighted by Gasteiger charge is 2.10. The smallest absolute Gasteiger partial charge is 0.252 e. The number of rotatable bonds is 4. The van der Waals surface area contributed by atoms with Crippen LogP contribution in [-0.4, -0.2) is 22.6 Å². The molecule has 1 N–H and O–H groups in total. The molecule has 0 saturated carbocycles. The molecule has 0 aliphatic carbocycles. The molecule has 1 amide bonds. The number of nitrogens with one attached hydrogen (secondary N) is 1. The summed E-state index contributed by atoms with van der Waals surface area (Å²) in [6.45, 7) is 0.417. The number of hydrogen-bond acceptors (Lipinski definition) is 4. The minimum absolute atomic E-state index is 0.205. The molecule has 0 fully saturated rings. The van der Waals surface area contributed by atoms with Crippen molar-refractivity contribution in [2.45, 2.75) is 6.42 Å². The van der Waals surface area contributed by atoms with E-state index in [1.165, 1.54) is 6.33 Å². The summed E-state index contributed by atoms with van der Waals surface area (Å²) < 4.78 is 5.52. The Labute approximate surface area is 117 Å². The average Bonchev–Trinajstić information content (AvgIpc) is 2.85. The van der Waals surface area contributed by atoms with Gasteiger partial charge in [-0.05, 0) is 34.1 Å². The third-order valence-corrected chi connectivity index (χ3v) is 3.13. The minimum Gasteiger partial charge on any atom is -0.351 e. The van der Waals surface area contributed by atoms with Crippen LogP contribution in [0.1, 0.15) is 16.2 Å². The van der Waals surface area contributed by atoms with Crippen molar-refractivity contribution in [3.63, 3.8) is 0 Å². The van der Waals surface area contributed by atoms with E-state index in [0.29, 0.717) is 33.9 Å². The minimum atomic E-state index is -0.205. The number of benzene rings is 1. The van der Waals surface area contributed by atoms with Crippen molar-refractivity contribution in [1.82, 2.24) is 15.5 Å². The molecule has 1 heterocycles. The second-order valence-corrected chi connectivity index (χ2v) is 4.76. The highest BCUT2D eigenvalue weighted by molar-refractivity contribution is 9.10. The quantitative estimate of drug-likeness (QED) is 0.935. The van der Waals surface area contributed by atoms with Gasteiger partial charge in [0.2, 0.25) is 5.89 Å². The Bertz CT molecular complexity index is 545. The van der Waals surface area contributed by atoms with Gasteiger partial charge in [-0.15, -0.1) is 0 Å². The van der Waals surface area contributed by atoms with Gasteiger partial charge in [0, 0.05) is 22.5 Å². The summed E-state index contributed by atoms with van der Waals surface area (Å²) in [6.07, 6.45) is 1.81. The molecular weight excluding hydrogens is 321 g/mol. The van der Waals surface area contributed by atoms with E-state index < -0.39 is 0 Å². The summed E-state index contributed by atoms with van der Waals surface area (Å²) in [5, 5.41) is 6.74. The SMILES string of the molecule is O=C(NCCc1ncno1)c1cc(Cl)ccc1Br. The lowest BCUT2D eigenvalue weighted by Crippen LogP contribution is -2.26. The van der Waals surface area contributed by atoms with Crippen LogP contribution in [0, 0.1) is 0 Å². The van der Waals surface area contributed by atoms with E-state index in [0.717, 1.165) is 0 Å². The van der Waals surface area contributed by atoms with Gasteiger partial charge in [0.05, 0.1) is 5.56 Å². The number of aromatic nitrogens is 2. The zero-order valence-corrected chi connectivity index (χ0v) is 11.5. The third kappa shape index (κ3) is 3.30. The van der Waals surface area contributed by atoms with Gasteiger partial charge in [0.25, 0.3) is 5.91 Å². The van der Waals surface area contributed by atoms with Crippen LogP contribution in [0.3, 0.4) is 0 Å². The lowest BCUT2D eigenvalue weighted by atomic mass is 10.2. The Kier molecular flexibility index (Phi) is 4.33. The molecular formula is C11H9BrClN3O2. The molecule has 2 aromatic rings. The number of nitrogens with zero attached hydrogens (tertiary/aromatic N) is 2. The van der Waals surface area contributed by atoms with Gasteiger partial charge < -0.3 is 9.84 Å². The van der Waals surface area contributed by atoms with Crippen molar-refractivity contribution in [3.05, 3.63) is 45.5 Å². The number of hydrogen-bond donors (Lipinski definition) is 1. The molecule has 0 saturated heterocycles. The molecule has 0 bridgehead atoms. The molecule has 1 aromatic carbocycles. The molecule has 0 atom stereocenters. The van der Waals surface area contributed by atoms with Crippen LogP contribution in [0.25, 0.3) is 0 Å². The maximum absolute atomic E-state index is 11.9. The van der Waals surface area contributed by atoms with Crippen molar-refractivity contribution in [2.75, 3.05) is 6.54 Å². The molecule has 0 unspecified atom stereocenters. The van der Waals surface area contributed by atoms with Crippen molar-refractivity contribution in [2.24, 2.45) is 0 Å². The molecule has 94 valence electrons. The summed E-state index contributed by atoms with van der Waals surface area (Å²) in [7, 11) is 0. The van der Waals surface area contributed by atoms with E-state index in [4.69, 9.17) is 16.1 Å². The summed E-state index contributed by atoms with van der Waals surface area (Å²) in [4.78, 5) is 15.7. The summed E-state index contributed by atoms with van der Waals surface area (Å²) in [5.41, 5.74) is 0.494. The standard InChI is InChI=1S/C11H9BrClN3O2/c12-9-2-1-7(13)5-8(9)11(17)14-4-3-10-15-6-16-18-10/h1-2,5-6H,3-4H2,(H,14,17). The lowest BCUT2D eigenvalue weighted by molar-refractivity contribution is 0.0952. The molecule has 0 aliphatic rings. The Balaban J connectivity index is 1.93. The first-order chi connectivity index (χ1) is 8.66. The molecule has 5 nitrogen and oxygen atoms in total. The number of carbonyl (C=O) groups is 1. The number of amides is 1. The van der Waals surface area contributed by atoms with E-state index in [9.17, 15) is 4.79 Å². The largest absolute Gasteiger partial charge is 0.351 e. The fraction of sp³-hybridized carbons (Fsp3) is 0.182. The summed E-state index contributed by atoms with van der Waals surface area (Å²) >= 11 is 9.14. The van der Waals surface area contributed by atoms with E-state index in [-0.39, 0.29) is 5.91 Å². The van der Waals surface area contributed by atoms with Crippen LogP contribution in [0.2, 0.25) is 5.02 Å². The van der Waals surface area contributed by atoms with Gasteiger partial charge in [0.15, 0.2) is 6.33 Å². The molecule has 0 spiro atoms. The first-order valence-electron chi connectivity index (χ1n) is 5.15. The van der Waals surface area contributed by atoms with E-state index in [2.05, 4.69) is 31.4 Å². The van der Waals surface area contributed by atoms with Gasteiger partial charge in [0.1, 0.15) is 0 Å². The molecule has 1 aromatic heterocycles. The second-order valence-electron chi connectivity index (χ2n) is 3.47. The lowest BCUT2D eigenvalue weighted by Gasteiger charge is -2.06. The molecule has 7 heteroatoms. The van der Waals surface area contributed by atoms with Crippen LogP contribution in [-0.2, 0) is 6.42 Å². The maximum Gasteiger partial charge on any atom is 0.252 e. The van der Waals surface area contributed by atoms with Gasteiger partial charge in [-0.25, -0.2) is 0 Å². The van der Waals surface area contributed by atoms with E-state index >= 15 is 0 Å².